The Morgan fingerprint density at radius 2 is 2.00 bits per heavy atom. The number of benzene rings is 1. The van der Waals surface area contributed by atoms with Gasteiger partial charge in [0.05, 0.1) is 16.2 Å². The van der Waals surface area contributed by atoms with Gasteiger partial charge >= 0.3 is 0 Å². The van der Waals surface area contributed by atoms with Gasteiger partial charge in [-0.25, -0.2) is 8.78 Å². The lowest BCUT2D eigenvalue weighted by atomic mass is 10.0. The van der Waals surface area contributed by atoms with E-state index < -0.39 is 17.7 Å². The Bertz CT molecular complexity index is 602. The van der Waals surface area contributed by atoms with Crippen molar-refractivity contribution in [1.82, 2.24) is 4.98 Å². The maximum atomic E-state index is 13.9. The van der Waals surface area contributed by atoms with Crippen LogP contribution in [0.5, 0.6) is 0 Å². The summed E-state index contributed by atoms with van der Waals surface area (Å²) in [7, 11) is 0. The molecule has 0 radical (unpaired) electrons. The van der Waals surface area contributed by atoms with E-state index in [9.17, 15) is 8.78 Å². The quantitative estimate of drug-likeness (QED) is 0.874. The van der Waals surface area contributed by atoms with Crippen LogP contribution in [0.4, 0.5) is 8.78 Å². The molecule has 0 fully saturated rings. The van der Waals surface area contributed by atoms with Crippen molar-refractivity contribution in [3.8, 4) is 0 Å². The van der Waals surface area contributed by atoms with Crippen LogP contribution in [-0.4, -0.2) is 4.98 Å². The summed E-state index contributed by atoms with van der Waals surface area (Å²) in [6, 6.07) is 7.44. The number of aromatic nitrogens is 1. The highest BCUT2D eigenvalue weighted by Crippen LogP contribution is 2.25. The van der Waals surface area contributed by atoms with E-state index in [-0.39, 0.29) is 16.5 Å². The van der Waals surface area contributed by atoms with Gasteiger partial charge in [-0.15, -0.1) is 0 Å². The smallest absolute Gasteiger partial charge is 0.143 e. The van der Waals surface area contributed by atoms with Gasteiger partial charge in [-0.1, -0.05) is 6.07 Å². The Labute approximate surface area is 118 Å². The van der Waals surface area contributed by atoms with E-state index >= 15 is 0 Å². The molecule has 2 nitrogen and oxygen atoms in total. The molecular weight excluding hydrogens is 314 g/mol. The van der Waals surface area contributed by atoms with E-state index in [4.69, 9.17) is 5.73 Å². The van der Waals surface area contributed by atoms with E-state index in [0.717, 1.165) is 5.69 Å². The molecule has 2 aromatic rings. The molecule has 0 aliphatic carbocycles. The number of rotatable bonds is 3. The third kappa shape index (κ3) is 3.16. The van der Waals surface area contributed by atoms with Gasteiger partial charge in [0.15, 0.2) is 0 Å². The van der Waals surface area contributed by atoms with Gasteiger partial charge in [0.25, 0.3) is 0 Å². The second kappa shape index (κ2) is 5.75. The first kappa shape index (κ1) is 14.1. The number of aryl methyl sites for hydroxylation is 1. The van der Waals surface area contributed by atoms with Crippen molar-refractivity contribution in [1.29, 1.82) is 0 Å². The molecule has 1 aromatic carbocycles. The summed E-state index contributed by atoms with van der Waals surface area (Å²) < 4.78 is 27.7. The van der Waals surface area contributed by atoms with Gasteiger partial charge in [-0.3, -0.25) is 4.98 Å². The third-order valence-electron chi connectivity index (χ3n) is 2.85. The molecule has 2 rings (SSSR count). The molecule has 0 saturated carbocycles. The Balaban J connectivity index is 2.29. The Hall–Kier alpha value is -1.33. The van der Waals surface area contributed by atoms with Crippen LogP contribution >= 0.6 is 15.9 Å². The highest BCUT2D eigenvalue weighted by atomic mass is 79.9. The number of pyridine rings is 1. The molecule has 5 heteroatoms. The maximum Gasteiger partial charge on any atom is 0.143 e. The normalized spacial score (nSPS) is 12.5. The van der Waals surface area contributed by atoms with Gasteiger partial charge in [0.2, 0.25) is 0 Å². The molecule has 19 heavy (non-hydrogen) atoms. The molecule has 100 valence electrons. The summed E-state index contributed by atoms with van der Waals surface area (Å²) in [5, 5.41) is 0. The van der Waals surface area contributed by atoms with Gasteiger partial charge in [0.1, 0.15) is 11.6 Å². The van der Waals surface area contributed by atoms with Crippen molar-refractivity contribution in [2.24, 2.45) is 5.73 Å². The average Bonchev–Trinajstić information content (AvgIpc) is 2.39. The first-order valence-corrected chi connectivity index (χ1v) is 6.60. The molecule has 0 aliphatic heterocycles. The minimum Gasteiger partial charge on any atom is -0.322 e. The second-order valence-electron chi connectivity index (χ2n) is 4.34. The second-order valence-corrected chi connectivity index (χ2v) is 5.19. The van der Waals surface area contributed by atoms with Crippen molar-refractivity contribution >= 4 is 15.9 Å². The lowest BCUT2D eigenvalue weighted by Gasteiger charge is -2.13. The van der Waals surface area contributed by atoms with Crippen molar-refractivity contribution < 1.29 is 8.78 Å². The van der Waals surface area contributed by atoms with Crippen LogP contribution in [-0.2, 0) is 6.42 Å². The van der Waals surface area contributed by atoms with Crippen LogP contribution in [0.2, 0.25) is 0 Å². The maximum absolute atomic E-state index is 13.9. The molecule has 1 aromatic heterocycles. The highest BCUT2D eigenvalue weighted by molar-refractivity contribution is 9.10. The number of nitrogens with two attached hydrogens (primary N) is 1. The molecule has 0 bridgehead atoms. The molecule has 0 saturated heterocycles. The first-order valence-electron chi connectivity index (χ1n) is 5.80. The molecular formula is C14H13BrF2N2. The SMILES string of the molecule is Cc1cccc(C(N)Cc2c(F)ccc(Br)c2F)n1. The van der Waals surface area contributed by atoms with Gasteiger partial charge in [-0.05, 0) is 53.5 Å². The monoisotopic (exact) mass is 326 g/mol. The standard InChI is InChI=1S/C14H13BrF2N2/c1-8-3-2-4-13(19-8)12(18)7-9-11(16)6-5-10(15)14(9)17/h2-6,12H,7,18H2,1H3. The summed E-state index contributed by atoms with van der Waals surface area (Å²) in [6.07, 6.45) is 0.0631. The average molecular weight is 327 g/mol. The van der Waals surface area contributed by atoms with E-state index in [0.29, 0.717) is 5.69 Å². The highest BCUT2D eigenvalue weighted by Gasteiger charge is 2.17. The van der Waals surface area contributed by atoms with Crippen molar-refractivity contribution in [3.05, 3.63) is 63.4 Å². The number of hydrogen-bond donors (Lipinski definition) is 1. The molecule has 1 unspecified atom stereocenters. The van der Waals surface area contributed by atoms with E-state index in [2.05, 4.69) is 20.9 Å². The fourth-order valence-corrected chi connectivity index (χ4v) is 2.22. The summed E-state index contributed by atoms with van der Waals surface area (Å²) in [5.41, 5.74) is 7.40. The lowest BCUT2D eigenvalue weighted by molar-refractivity contribution is 0.533. The van der Waals surface area contributed by atoms with Gasteiger partial charge < -0.3 is 5.73 Å². The van der Waals surface area contributed by atoms with Crippen LogP contribution in [0.3, 0.4) is 0 Å². The minimum atomic E-state index is -0.608. The molecule has 1 heterocycles. The Kier molecular flexibility index (Phi) is 4.27. The molecule has 0 spiro atoms. The minimum absolute atomic E-state index is 0.0230. The molecule has 0 aliphatic rings. The summed E-state index contributed by atoms with van der Waals surface area (Å²) >= 11 is 3.04. The summed E-state index contributed by atoms with van der Waals surface area (Å²) in [6.45, 7) is 1.84. The van der Waals surface area contributed by atoms with E-state index in [1.165, 1.54) is 12.1 Å². The van der Waals surface area contributed by atoms with Crippen molar-refractivity contribution in [2.75, 3.05) is 0 Å². The van der Waals surface area contributed by atoms with E-state index in [1.54, 1.807) is 6.07 Å². The molecule has 0 amide bonds. The first-order chi connectivity index (χ1) is 8.99. The summed E-state index contributed by atoms with van der Waals surface area (Å²) in [5.74, 6) is -1.20. The zero-order valence-electron chi connectivity index (χ0n) is 10.3. The fraction of sp³-hybridized carbons (Fsp3) is 0.214. The largest absolute Gasteiger partial charge is 0.322 e. The van der Waals surface area contributed by atoms with Crippen molar-refractivity contribution in [3.63, 3.8) is 0 Å². The molecule has 2 N–H and O–H groups in total. The molecule has 1 atom stereocenters. The van der Waals surface area contributed by atoms with Crippen LogP contribution in [0, 0.1) is 18.6 Å². The number of hydrogen-bond acceptors (Lipinski definition) is 2. The predicted molar refractivity (Wildman–Crippen MR) is 73.7 cm³/mol. The number of nitrogens with zero attached hydrogens (tertiary/aromatic N) is 1. The van der Waals surface area contributed by atoms with Crippen molar-refractivity contribution in [2.45, 2.75) is 19.4 Å². The van der Waals surface area contributed by atoms with Crippen LogP contribution in [0.25, 0.3) is 0 Å². The summed E-state index contributed by atoms with van der Waals surface area (Å²) in [4.78, 5) is 4.27. The fourth-order valence-electron chi connectivity index (χ4n) is 1.85. The zero-order valence-corrected chi connectivity index (χ0v) is 11.9. The van der Waals surface area contributed by atoms with Crippen LogP contribution in [0.15, 0.2) is 34.8 Å². The topological polar surface area (TPSA) is 38.9 Å². The third-order valence-corrected chi connectivity index (χ3v) is 3.47. The van der Waals surface area contributed by atoms with Gasteiger partial charge in [0, 0.05) is 11.3 Å². The number of halogens is 3. The van der Waals surface area contributed by atoms with Crippen LogP contribution in [0.1, 0.15) is 23.0 Å². The van der Waals surface area contributed by atoms with E-state index in [1.807, 2.05) is 19.1 Å². The van der Waals surface area contributed by atoms with Gasteiger partial charge in [-0.2, -0.15) is 0 Å². The Morgan fingerprint density at radius 1 is 1.26 bits per heavy atom. The van der Waals surface area contributed by atoms with Crippen LogP contribution < -0.4 is 5.73 Å². The predicted octanol–water partition coefficient (Wildman–Crippen LogP) is 3.67. The Morgan fingerprint density at radius 3 is 2.68 bits per heavy atom. The lowest BCUT2D eigenvalue weighted by Crippen LogP contribution is -2.17. The zero-order chi connectivity index (χ0) is 14.0.